The highest BCUT2D eigenvalue weighted by Crippen LogP contribution is 2.49. The summed E-state index contributed by atoms with van der Waals surface area (Å²) in [4.78, 5) is 12.4. The molecule has 2 aliphatic heterocycles. The van der Waals surface area contributed by atoms with Gasteiger partial charge < -0.3 is 29.2 Å². The van der Waals surface area contributed by atoms with Crippen molar-refractivity contribution in [3.05, 3.63) is 76.9 Å². The third-order valence-corrected chi connectivity index (χ3v) is 6.27. The second kappa shape index (κ2) is 8.75. The normalized spacial score (nSPS) is 18.1. The van der Waals surface area contributed by atoms with Crippen molar-refractivity contribution in [3.63, 3.8) is 0 Å². The predicted octanol–water partition coefficient (Wildman–Crippen LogP) is 4.36. The fraction of sp³-hybridized carbons (Fsp3) is 0.231. The Labute approximate surface area is 201 Å². The number of hydrogen-bond donors (Lipinski definition) is 2. The molecule has 2 N–H and O–H groups in total. The van der Waals surface area contributed by atoms with Gasteiger partial charge in [0.05, 0.1) is 33.1 Å². The average Bonchev–Trinajstić information content (AvgIpc) is 3.33. The number of carbonyl (C=O) groups is 1. The van der Waals surface area contributed by atoms with Crippen LogP contribution in [0, 0.1) is 0 Å². The van der Waals surface area contributed by atoms with Gasteiger partial charge in [0.2, 0.25) is 6.23 Å². The summed E-state index contributed by atoms with van der Waals surface area (Å²) >= 11 is 0. The van der Waals surface area contributed by atoms with Gasteiger partial charge in [0.1, 0.15) is 11.3 Å². The second-order valence-electron chi connectivity index (χ2n) is 8.11. The Bertz CT molecular complexity index is 1340. The summed E-state index contributed by atoms with van der Waals surface area (Å²) in [6, 6.07) is 15.9. The van der Waals surface area contributed by atoms with Crippen molar-refractivity contribution in [2.24, 2.45) is 5.10 Å². The summed E-state index contributed by atoms with van der Waals surface area (Å²) in [7, 11) is 4.34. The first-order valence-electron chi connectivity index (χ1n) is 10.9. The summed E-state index contributed by atoms with van der Waals surface area (Å²) in [5.74, 6) is 0.296. The van der Waals surface area contributed by atoms with Crippen LogP contribution in [0.15, 0.2) is 59.7 Å². The number of para-hydroxylation sites is 1. The number of benzene rings is 3. The minimum absolute atomic E-state index is 0.0375. The second-order valence-corrected chi connectivity index (χ2v) is 8.11. The number of phenols is 1. The summed E-state index contributed by atoms with van der Waals surface area (Å²) in [6.07, 6.45) is -0.266. The molecule has 9 heteroatoms. The fourth-order valence-corrected chi connectivity index (χ4v) is 4.64. The van der Waals surface area contributed by atoms with Crippen molar-refractivity contribution in [2.45, 2.75) is 18.7 Å². The summed E-state index contributed by atoms with van der Waals surface area (Å²) < 4.78 is 22.3. The zero-order valence-electron chi connectivity index (χ0n) is 19.4. The number of fused-ring (bicyclic) bond motifs is 3. The Kier molecular flexibility index (Phi) is 5.60. The lowest BCUT2D eigenvalue weighted by Gasteiger charge is -2.38. The molecule has 0 fully saturated rings. The first-order valence-corrected chi connectivity index (χ1v) is 10.9. The number of rotatable bonds is 6. The molecule has 0 amide bonds. The van der Waals surface area contributed by atoms with Gasteiger partial charge in [-0.3, -0.25) is 0 Å². The predicted molar refractivity (Wildman–Crippen MR) is 127 cm³/mol. The van der Waals surface area contributed by atoms with Crippen LogP contribution in [0.3, 0.4) is 0 Å². The van der Waals surface area contributed by atoms with Crippen molar-refractivity contribution in [1.29, 1.82) is 0 Å². The molecule has 0 unspecified atom stereocenters. The quantitative estimate of drug-likeness (QED) is 0.540. The lowest BCUT2D eigenvalue weighted by molar-refractivity contribution is -0.0199. The van der Waals surface area contributed by atoms with Gasteiger partial charge in [0, 0.05) is 23.1 Å². The van der Waals surface area contributed by atoms with E-state index >= 15 is 0 Å². The molecule has 180 valence electrons. The summed E-state index contributed by atoms with van der Waals surface area (Å²) in [6.45, 7) is 0. The molecular formula is C26H24N2O7. The van der Waals surface area contributed by atoms with Crippen LogP contribution in [-0.2, 0) is 0 Å². The molecule has 5 rings (SSSR count). The highest BCUT2D eigenvalue weighted by Gasteiger charge is 2.43. The number of carboxylic acid groups (broad SMARTS) is 1. The minimum Gasteiger partial charge on any atom is -0.504 e. The molecule has 0 aliphatic carbocycles. The van der Waals surface area contributed by atoms with Crippen molar-refractivity contribution in [3.8, 4) is 28.7 Å². The van der Waals surface area contributed by atoms with Crippen LogP contribution in [-0.4, -0.2) is 48.2 Å². The standard InChI is InChI=1S/C26H24N2O7/c1-32-21-11-9-16(23(26(30)31)24(21)34-3)25-28-18(15-6-4-5-7-20(15)35-25)13-17(27-28)14-8-10-19(29)22(12-14)33-2/h4-12,18,25,29H,13H2,1-3H3,(H,30,31)/t18-,25-/m1/s1. The maximum atomic E-state index is 12.4. The smallest absolute Gasteiger partial charge is 0.340 e. The molecule has 9 nitrogen and oxygen atoms in total. The Morgan fingerprint density at radius 3 is 2.49 bits per heavy atom. The van der Waals surface area contributed by atoms with Gasteiger partial charge in [0.25, 0.3) is 0 Å². The molecule has 0 bridgehead atoms. The number of aromatic carboxylic acids is 1. The van der Waals surface area contributed by atoms with Crippen LogP contribution >= 0.6 is 0 Å². The molecule has 2 heterocycles. The van der Waals surface area contributed by atoms with Gasteiger partial charge in [-0.1, -0.05) is 18.2 Å². The van der Waals surface area contributed by atoms with E-state index in [0.717, 1.165) is 16.8 Å². The van der Waals surface area contributed by atoms with Crippen LogP contribution in [0.25, 0.3) is 0 Å². The Morgan fingerprint density at radius 2 is 1.77 bits per heavy atom. The van der Waals surface area contributed by atoms with Gasteiger partial charge in [-0.15, -0.1) is 0 Å². The number of nitrogens with zero attached hydrogens (tertiary/aromatic N) is 2. The zero-order valence-corrected chi connectivity index (χ0v) is 19.4. The first-order chi connectivity index (χ1) is 17.0. The number of aromatic hydroxyl groups is 1. The van der Waals surface area contributed by atoms with Gasteiger partial charge in [-0.2, -0.15) is 5.10 Å². The van der Waals surface area contributed by atoms with Crippen molar-refractivity contribution in [2.75, 3.05) is 21.3 Å². The van der Waals surface area contributed by atoms with E-state index in [1.165, 1.54) is 21.3 Å². The third kappa shape index (κ3) is 3.65. The molecular weight excluding hydrogens is 452 g/mol. The largest absolute Gasteiger partial charge is 0.504 e. The van der Waals surface area contributed by atoms with Crippen molar-refractivity contribution >= 4 is 11.7 Å². The van der Waals surface area contributed by atoms with Gasteiger partial charge in [-0.05, 0) is 36.4 Å². The highest BCUT2D eigenvalue weighted by atomic mass is 16.5. The molecule has 0 radical (unpaired) electrons. The molecule has 0 saturated heterocycles. The maximum Gasteiger partial charge on any atom is 0.340 e. The number of methoxy groups -OCH3 is 3. The van der Waals surface area contributed by atoms with Gasteiger partial charge >= 0.3 is 5.97 Å². The van der Waals surface area contributed by atoms with Crippen LogP contribution in [0.2, 0.25) is 0 Å². The number of hydrazone groups is 1. The summed E-state index contributed by atoms with van der Waals surface area (Å²) in [5.41, 5.74) is 2.84. The van der Waals surface area contributed by atoms with Gasteiger partial charge in [0.15, 0.2) is 23.0 Å². The zero-order chi connectivity index (χ0) is 24.7. The van der Waals surface area contributed by atoms with Crippen molar-refractivity contribution < 1.29 is 34.0 Å². The van der Waals surface area contributed by atoms with E-state index in [-0.39, 0.29) is 23.1 Å². The van der Waals surface area contributed by atoms with Crippen LogP contribution in [0.5, 0.6) is 28.7 Å². The van der Waals surface area contributed by atoms with E-state index in [1.54, 1.807) is 35.3 Å². The van der Waals surface area contributed by atoms with Gasteiger partial charge in [-0.25, -0.2) is 9.80 Å². The number of ether oxygens (including phenoxy) is 4. The topological polar surface area (TPSA) is 110 Å². The minimum atomic E-state index is -1.17. The van der Waals surface area contributed by atoms with E-state index in [4.69, 9.17) is 24.0 Å². The summed E-state index contributed by atoms with van der Waals surface area (Å²) in [5, 5.41) is 26.7. The Balaban J connectivity index is 1.66. The lowest BCUT2D eigenvalue weighted by Crippen LogP contribution is -2.34. The average molecular weight is 476 g/mol. The SMILES string of the molecule is COc1cc(C2=NN3[C@H](C2)c2ccccc2O[C@@H]3c2ccc(OC)c(OC)c2C(=O)O)ccc1O. The van der Waals surface area contributed by atoms with E-state index in [9.17, 15) is 15.0 Å². The van der Waals surface area contributed by atoms with E-state index in [2.05, 4.69) is 0 Å². The number of carboxylic acids is 1. The van der Waals surface area contributed by atoms with E-state index in [1.807, 2.05) is 24.3 Å². The molecule has 0 spiro atoms. The van der Waals surface area contributed by atoms with Crippen LogP contribution in [0.1, 0.15) is 45.7 Å². The third-order valence-electron chi connectivity index (χ3n) is 6.27. The Hall–Kier alpha value is -4.40. The van der Waals surface area contributed by atoms with Crippen molar-refractivity contribution in [1.82, 2.24) is 5.01 Å². The molecule has 35 heavy (non-hydrogen) atoms. The number of hydrogen-bond acceptors (Lipinski definition) is 8. The molecule has 3 aromatic rings. The van der Waals surface area contributed by atoms with Crippen LogP contribution < -0.4 is 18.9 Å². The maximum absolute atomic E-state index is 12.4. The van der Waals surface area contributed by atoms with E-state index in [0.29, 0.717) is 29.2 Å². The first kappa shape index (κ1) is 22.4. The van der Waals surface area contributed by atoms with Crippen LogP contribution in [0.4, 0.5) is 0 Å². The molecule has 2 aliphatic rings. The monoisotopic (exact) mass is 476 g/mol. The molecule has 0 saturated carbocycles. The molecule has 3 aromatic carbocycles. The lowest BCUT2D eigenvalue weighted by atomic mass is 9.95. The Morgan fingerprint density at radius 1 is 1.00 bits per heavy atom. The molecule has 2 atom stereocenters. The molecule has 0 aromatic heterocycles. The van der Waals surface area contributed by atoms with E-state index < -0.39 is 12.2 Å². The highest BCUT2D eigenvalue weighted by molar-refractivity contribution is 6.02. The fourth-order valence-electron chi connectivity index (χ4n) is 4.64. The number of phenolic OH excluding ortho intramolecular Hbond substituents is 1.